The molecule has 0 amide bonds. The third-order valence-electron chi connectivity index (χ3n) is 4.10. The van der Waals surface area contributed by atoms with Crippen LogP contribution in [0.2, 0.25) is 0 Å². The number of hydrogen-bond acceptors (Lipinski definition) is 5. The number of nitrogens with two attached hydrogens (primary N) is 1. The van der Waals surface area contributed by atoms with Crippen LogP contribution in [-0.4, -0.2) is 13.6 Å². The Balaban J connectivity index is 2.28. The van der Waals surface area contributed by atoms with E-state index in [1.165, 1.54) is 18.2 Å². The van der Waals surface area contributed by atoms with Crippen molar-refractivity contribution in [3.8, 4) is 28.5 Å². The summed E-state index contributed by atoms with van der Waals surface area (Å²) in [6.07, 6.45) is -4.92. The van der Waals surface area contributed by atoms with Gasteiger partial charge < -0.3 is 4.52 Å². The van der Waals surface area contributed by atoms with Gasteiger partial charge in [0.2, 0.25) is 10.0 Å². The maximum absolute atomic E-state index is 14.2. The van der Waals surface area contributed by atoms with Crippen molar-refractivity contribution >= 4 is 10.0 Å². The molecule has 2 N–H and O–H groups in total. The lowest BCUT2D eigenvalue weighted by Gasteiger charge is -2.09. The predicted octanol–water partition coefficient (Wildman–Crippen LogP) is 3.99. The highest BCUT2D eigenvalue weighted by Gasteiger charge is 2.40. The third-order valence-corrected chi connectivity index (χ3v) is 5.04. The molecule has 150 valence electrons. The number of aryl methyl sites for hydroxylation is 1. The maximum Gasteiger partial charge on any atom is 0.437 e. The predicted molar refractivity (Wildman–Crippen MR) is 93.2 cm³/mol. The van der Waals surface area contributed by atoms with E-state index < -0.39 is 38.2 Å². The largest absolute Gasteiger partial charge is 0.437 e. The van der Waals surface area contributed by atoms with Gasteiger partial charge in [-0.15, -0.1) is 0 Å². The number of rotatable bonds is 3. The summed E-state index contributed by atoms with van der Waals surface area (Å²) in [7, 11) is -4.40. The Morgan fingerprint density at radius 3 is 2.31 bits per heavy atom. The highest BCUT2D eigenvalue weighted by Crippen LogP contribution is 2.43. The number of sulfonamides is 1. The summed E-state index contributed by atoms with van der Waals surface area (Å²) < 4.78 is 82.2. The third kappa shape index (κ3) is 3.85. The van der Waals surface area contributed by atoms with Gasteiger partial charge in [0.25, 0.3) is 0 Å². The van der Waals surface area contributed by atoms with Crippen LogP contribution in [0.25, 0.3) is 22.5 Å². The van der Waals surface area contributed by atoms with E-state index in [1.54, 1.807) is 6.92 Å². The van der Waals surface area contributed by atoms with Gasteiger partial charge in [-0.25, -0.2) is 17.9 Å². The quantitative estimate of drug-likeness (QED) is 0.638. The molecule has 3 rings (SSSR count). The van der Waals surface area contributed by atoms with Gasteiger partial charge in [0.05, 0.1) is 17.2 Å². The lowest BCUT2D eigenvalue weighted by Crippen LogP contribution is -2.14. The molecule has 1 heterocycles. The molecule has 1 aromatic heterocycles. The van der Waals surface area contributed by atoms with Crippen LogP contribution in [-0.2, 0) is 16.2 Å². The molecule has 6 nitrogen and oxygen atoms in total. The Morgan fingerprint density at radius 1 is 1.14 bits per heavy atom. The Hall–Kier alpha value is -3.23. The number of nitrogens with zero attached hydrogens (tertiary/aromatic N) is 2. The van der Waals surface area contributed by atoms with E-state index in [4.69, 9.17) is 14.9 Å². The summed E-state index contributed by atoms with van der Waals surface area (Å²) in [5.41, 5.74) is -1.30. The van der Waals surface area contributed by atoms with Gasteiger partial charge in [0.1, 0.15) is 10.7 Å². The SMILES string of the molecule is Cc1cc(-c2onc(C(F)(F)F)c2-c2ccc(S(N)(=O)=O)c(F)c2)ccc1C#N. The molecule has 0 aliphatic heterocycles. The van der Waals surface area contributed by atoms with Crippen LogP contribution in [0.5, 0.6) is 0 Å². The Bertz CT molecular complexity index is 1260. The molecule has 0 bridgehead atoms. The summed E-state index contributed by atoms with van der Waals surface area (Å²) in [4.78, 5) is -0.859. The Labute approximate surface area is 162 Å². The van der Waals surface area contributed by atoms with E-state index in [1.807, 2.05) is 6.07 Å². The van der Waals surface area contributed by atoms with Crippen LogP contribution in [0, 0.1) is 24.1 Å². The first-order chi connectivity index (χ1) is 13.4. The number of halogens is 4. The van der Waals surface area contributed by atoms with Crippen molar-refractivity contribution in [1.29, 1.82) is 5.26 Å². The van der Waals surface area contributed by atoms with Crippen molar-refractivity contribution < 1.29 is 30.5 Å². The number of nitriles is 1. The molecule has 0 spiro atoms. The highest BCUT2D eigenvalue weighted by molar-refractivity contribution is 7.89. The molecule has 0 aliphatic carbocycles. The van der Waals surface area contributed by atoms with Crippen molar-refractivity contribution in [2.75, 3.05) is 0 Å². The topological polar surface area (TPSA) is 110 Å². The molecule has 3 aromatic rings. The normalized spacial score (nSPS) is 12.0. The standard InChI is InChI=1S/C18H11F4N3O3S/c1-9-6-11(2-3-12(9)8-23)16-15(17(25-28-16)18(20,21)22)10-4-5-14(13(19)7-10)29(24,26)27/h2-7H,1H3,(H2,24,26,27). The smallest absolute Gasteiger partial charge is 0.355 e. The van der Waals surface area contributed by atoms with Crippen molar-refractivity contribution in [3.63, 3.8) is 0 Å². The van der Waals surface area contributed by atoms with Gasteiger partial charge in [0.15, 0.2) is 11.5 Å². The number of primary sulfonamides is 1. The van der Waals surface area contributed by atoms with Crippen LogP contribution in [0.1, 0.15) is 16.8 Å². The Kier molecular flexibility index (Phi) is 4.94. The van der Waals surface area contributed by atoms with Crippen molar-refractivity contribution in [2.45, 2.75) is 18.0 Å². The molecule has 29 heavy (non-hydrogen) atoms. The summed E-state index contributed by atoms with van der Waals surface area (Å²) in [5, 5.41) is 17.0. The molecule has 0 unspecified atom stereocenters. The van der Waals surface area contributed by atoms with Crippen LogP contribution < -0.4 is 5.14 Å². The average molecular weight is 425 g/mol. The number of benzene rings is 2. The molecule has 2 aromatic carbocycles. The molecule has 0 saturated heterocycles. The second kappa shape index (κ2) is 6.98. The lowest BCUT2D eigenvalue weighted by molar-refractivity contribution is -0.142. The molecule has 0 atom stereocenters. The molecular formula is C18H11F4N3O3S. The van der Waals surface area contributed by atoms with E-state index in [2.05, 4.69) is 5.16 Å². The summed E-state index contributed by atoms with van der Waals surface area (Å²) in [5.74, 6) is -1.63. The second-order valence-corrected chi connectivity index (χ2v) is 7.59. The van der Waals surface area contributed by atoms with Crippen molar-refractivity contribution in [1.82, 2.24) is 5.16 Å². The lowest BCUT2D eigenvalue weighted by atomic mass is 9.97. The fourth-order valence-corrected chi connectivity index (χ4v) is 3.35. The average Bonchev–Trinajstić information content (AvgIpc) is 3.05. The minimum Gasteiger partial charge on any atom is -0.355 e. The maximum atomic E-state index is 14.2. The van der Waals surface area contributed by atoms with Crippen LogP contribution >= 0.6 is 0 Å². The minimum atomic E-state index is -4.92. The molecule has 11 heteroatoms. The highest BCUT2D eigenvalue weighted by atomic mass is 32.2. The van der Waals surface area contributed by atoms with Gasteiger partial charge in [-0.2, -0.15) is 18.4 Å². The fraction of sp³-hybridized carbons (Fsp3) is 0.111. The van der Waals surface area contributed by atoms with Gasteiger partial charge in [-0.05, 0) is 48.4 Å². The number of alkyl halides is 3. The molecular weight excluding hydrogens is 414 g/mol. The molecule has 0 fully saturated rings. The zero-order valence-corrected chi connectivity index (χ0v) is 15.4. The van der Waals surface area contributed by atoms with Gasteiger partial charge in [-0.3, -0.25) is 0 Å². The first-order valence-corrected chi connectivity index (χ1v) is 9.39. The first-order valence-electron chi connectivity index (χ1n) is 7.84. The van der Waals surface area contributed by atoms with Crippen LogP contribution in [0.15, 0.2) is 45.8 Å². The van der Waals surface area contributed by atoms with Crippen LogP contribution in [0.4, 0.5) is 17.6 Å². The molecule has 0 saturated carbocycles. The Morgan fingerprint density at radius 2 is 1.79 bits per heavy atom. The van der Waals surface area contributed by atoms with Crippen molar-refractivity contribution in [3.05, 3.63) is 59.0 Å². The summed E-state index contributed by atoms with van der Waals surface area (Å²) in [6.45, 7) is 1.59. The monoisotopic (exact) mass is 425 g/mol. The van der Waals surface area contributed by atoms with E-state index in [-0.39, 0.29) is 16.9 Å². The van der Waals surface area contributed by atoms with Gasteiger partial charge in [0, 0.05) is 5.56 Å². The van der Waals surface area contributed by atoms with Gasteiger partial charge >= 0.3 is 6.18 Å². The second-order valence-electron chi connectivity index (χ2n) is 6.06. The number of hydrogen-bond donors (Lipinski definition) is 1. The molecule has 0 radical (unpaired) electrons. The zero-order valence-electron chi connectivity index (χ0n) is 14.6. The van der Waals surface area contributed by atoms with Crippen molar-refractivity contribution in [2.24, 2.45) is 5.14 Å². The van der Waals surface area contributed by atoms with E-state index in [9.17, 15) is 26.0 Å². The van der Waals surface area contributed by atoms with E-state index in [0.717, 1.165) is 12.1 Å². The fourth-order valence-electron chi connectivity index (χ4n) is 2.77. The zero-order chi connectivity index (χ0) is 21.6. The number of aromatic nitrogens is 1. The van der Waals surface area contributed by atoms with Crippen LogP contribution in [0.3, 0.4) is 0 Å². The summed E-state index contributed by atoms with van der Waals surface area (Å²) >= 11 is 0. The van der Waals surface area contributed by atoms with E-state index >= 15 is 0 Å². The molecule has 0 aliphatic rings. The minimum absolute atomic E-state index is 0.176. The van der Waals surface area contributed by atoms with E-state index in [0.29, 0.717) is 17.2 Å². The first kappa shape index (κ1) is 20.5. The van der Waals surface area contributed by atoms with Gasteiger partial charge in [-0.1, -0.05) is 11.2 Å². The summed E-state index contributed by atoms with van der Waals surface area (Å²) in [6, 6.07) is 8.48.